The van der Waals surface area contributed by atoms with E-state index in [1.54, 1.807) is 24.1 Å². The summed E-state index contributed by atoms with van der Waals surface area (Å²) in [6.45, 7) is 5.81. The predicted octanol–water partition coefficient (Wildman–Crippen LogP) is 4.09. The van der Waals surface area contributed by atoms with Crippen LogP contribution in [0, 0.1) is 13.8 Å². The monoisotopic (exact) mass is 523 g/mol. The van der Waals surface area contributed by atoms with Gasteiger partial charge in [-0.3, -0.25) is 9.48 Å². The van der Waals surface area contributed by atoms with Gasteiger partial charge in [-0.05, 0) is 37.1 Å². The molecule has 4 heterocycles. The summed E-state index contributed by atoms with van der Waals surface area (Å²) in [5, 5.41) is 12.1. The third-order valence-electron chi connectivity index (χ3n) is 7.06. The van der Waals surface area contributed by atoms with E-state index in [-0.39, 0.29) is 18.5 Å². The predicted molar refractivity (Wildman–Crippen MR) is 147 cm³/mol. The average Bonchev–Trinajstić information content (AvgIpc) is 3.58. The van der Waals surface area contributed by atoms with Crippen LogP contribution in [0.2, 0.25) is 0 Å². The first kappa shape index (κ1) is 24.7. The van der Waals surface area contributed by atoms with E-state index in [1.807, 2.05) is 44.2 Å². The smallest absolute Gasteiger partial charge is 0.241 e. The molecular weight excluding hydrogens is 494 g/mol. The van der Waals surface area contributed by atoms with Crippen LogP contribution in [0.1, 0.15) is 23.1 Å². The number of rotatable bonds is 6. The van der Waals surface area contributed by atoms with Crippen molar-refractivity contribution in [3.63, 3.8) is 0 Å². The molecule has 198 valence electrons. The van der Waals surface area contributed by atoms with E-state index < -0.39 is 0 Å². The van der Waals surface area contributed by atoms with Gasteiger partial charge in [0, 0.05) is 30.7 Å². The lowest BCUT2D eigenvalue weighted by molar-refractivity contribution is -0.121. The van der Waals surface area contributed by atoms with Crippen LogP contribution >= 0.6 is 0 Å². The SMILES string of the molecule is CNC(=O)Cn1cc(-c2nc(N3CCOCC3c3ccccc3)c3cc(-c4c(C)noc4C)ccc3n2)cn1. The van der Waals surface area contributed by atoms with E-state index in [0.717, 1.165) is 50.4 Å². The quantitative estimate of drug-likeness (QED) is 0.354. The first-order valence-corrected chi connectivity index (χ1v) is 12.9. The fourth-order valence-corrected chi connectivity index (χ4v) is 5.11. The van der Waals surface area contributed by atoms with Gasteiger partial charge in [0.05, 0.1) is 42.2 Å². The lowest BCUT2D eigenvalue weighted by Gasteiger charge is -2.37. The molecule has 3 aromatic heterocycles. The standard InChI is InChI=1S/C29H29N7O3/c1-18-27(19(2)39-34-18)21-9-10-24-23(13-21)29(36-11-12-38-17-25(36)20-7-5-4-6-8-20)33-28(32-24)22-14-31-35(15-22)16-26(37)30-3/h4-10,13-15,25H,11-12,16-17H2,1-3H3,(H,30,37). The molecule has 1 fully saturated rings. The highest BCUT2D eigenvalue weighted by molar-refractivity contribution is 5.95. The molecule has 2 aromatic carbocycles. The number of morpholine rings is 1. The molecule has 1 unspecified atom stereocenters. The van der Waals surface area contributed by atoms with Crippen molar-refractivity contribution in [2.75, 3.05) is 31.7 Å². The largest absolute Gasteiger partial charge is 0.377 e. The summed E-state index contributed by atoms with van der Waals surface area (Å²) in [6.07, 6.45) is 3.49. The molecule has 10 nitrogen and oxygen atoms in total. The van der Waals surface area contributed by atoms with Crippen molar-refractivity contribution in [2.24, 2.45) is 0 Å². The number of aryl methyl sites for hydroxylation is 2. The first-order valence-electron chi connectivity index (χ1n) is 12.9. The highest BCUT2D eigenvalue weighted by Gasteiger charge is 2.28. The molecule has 0 radical (unpaired) electrons. The van der Waals surface area contributed by atoms with Gasteiger partial charge in [-0.2, -0.15) is 5.10 Å². The van der Waals surface area contributed by atoms with Crippen molar-refractivity contribution >= 4 is 22.6 Å². The van der Waals surface area contributed by atoms with Crippen LogP contribution in [-0.2, 0) is 16.1 Å². The third-order valence-corrected chi connectivity index (χ3v) is 7.06. The number of aromatic nitrogens is 5. The fraction of sp³-hybridized carbons (Fsp3) is 0.276. The molecule has 5 aromatic rings. The second-order valence-corrected chi connectivity index (χ2v) is 9.60. The number of hydrogen-bond donors (Lipinski definition) is 1. The Labute approximate surface area is 225 Å². The van der Waals surface area contributed by atoms with Crippen molar-refractivity contribution in [3.8, 4) is 22.5 Å². The molecule has 6 rings (SSSR count). The molecule has 1 atom stereocenters. The summed E-state index contributed by atoms with van der Waals surface area (Å²) in [4.78, 5) is 24.2. The summed E-state index contributed by atoms with van der Waals surface area (Å²) in [5.41, 5.74) is 5.52. The van der Waals surface area contributed by atoms with Crippen molar-refractivity contribution < 1.29 is 14.1 Å². The molecule has 1 amide bonds. The number of anilines is 1. The van der Waals surface area contributed by atoms with Gasteiger partial charge in [0.1, 0.15) is 18.1 Å². The minimum atomic E-state index is -0.129. The molecular formula is C29H29N7O3. The Morgan fingerprint density at radius 3 is 2.72 bits per heavy atom. The maximum absolute atomic E-state index is 11.9. The second-order valence-electron chi connectivity index (χ2n) is 9.60. The number of ether oxygens (including phenoxy) is 1. The van der Waals surface area contributed by atoms with Crippen LogP contribution in [0.15, 0.2) is 65.4 Å². The Kier molecular flexibility index (Phi) is 6.54. The maximum Gasteiger partial charge on any atom is 0.241 e. The summed E-state index contributed by atoms with van der Waals surface area (Å²) in [7, 11) is 1.60. The number of hydrogen-bond acceptors (Lipinski definition) is 8. The summed E-state index contributed by atoms with van der Waals surface area (Å²) < 4.78 is 13.0. The minimum Gasteiger partial charge on any atom is -0.377 e. The zero-order valence-electron chi connectivity index (χ0n) is 22.1. The Morgan fingerprint density at radius 2 is 1.95 bits per heavy atom. The number of nitrogens with zero attached hydrogens (tertiary/aromatic N) is 6. The maximum atomic E-state index is 11.9. The van der Waals surface area contributed by atoms with Gasteiger partial charge >= 0.3 is 0 Å². The first-order chi connectivity index (χ1) is 19.0. The van der Waals surface area contributed by atoms with Gasteiger partial charge in [-0.1, -0.05) is 41.6 Å². The summed E-state index contributed by atoms with van der Waals surface area (Å²) >= 11 is 0. The number of amides is 1. The summed E-state index contributed by atoms with van der Waals surface area (Å²) in [6, 6.07) is 16.5. The van der Waals surface area contributed by atoms with Crippen LogP contribution in [0.3, 0.4) is 0 Å². The van der Waals surface area contributed by atoms with E-state index in [0.29, 0.717) is 25.6 Å². The van der Waals surface area contributed by atoms with E-state index in [2.05, 4.69) is 38.7 Å². The summed E-state index contributed by atoms with van der Waals surface area (Å²) in [5.74, 6) is 2.00. The van der Waals surface area contributed by atoms with Gasteiger partial charge in [0.15, 0.2) is 5.82 Å². The van der Waals surface area contributed by atoms with Crippen LogP contribution in [0.4, 0.5) is 5.82 Å². The van der Waals surface area contributed by atoms with Crippen LogP contribution in [0.25, 0.3) is 33.4 Å². The van der Waals surface area contributed by atoms with Gasteiger partial charge in [0.2, 0.25) is 5.91 Å². The van der Waals surface area contributed by atoms with E-state index >= 15 is 0 Å². The Bertz CT molecular complexity index is 1620. The fourth-order valence-electron chi connectivity index (χ4n) is 5.11. The number of carbonyl (C=O) groups is 1. The molecule has 0 saturated carbocycles. The van der Waals surface area contributed by atoms with Crippen molar-refractivity contribution in [2.45, 2.75) is 26.4 Å². The van der Waals surface area contributed by atoms with E-state index in [1.165, 1.54) is 0 Å². The van der Waals surface area contributed by atoms with Gasteiger partial charge in [0.25, 0.3) is 0 Å². The highest BCUT2D eigenvalue weighted by atomic mass is 16.5. The number of benzene rings is 2. The average molecular weight is 524 g/mol. The van der Waals surface area contributed by atoms with Crippen molar-refractivity contribution in [1.29, 1.82) is 0 Å². The molecule has 1 aliphatic rings. The van der Waals surface area contributed by atoms with Gasteiger partial charge in [-0.15, -0.1) is 0 Å². The van der Waals surface area contributed by atoms with Crippen molar-refractivity contribution in [3.05, 3.63) is 77.9 Å². The Morgan fingerprint density at radius 1 is 1.10 bits per heavy atom. The lowest BCUT2D eigenvalue weighted by Crippen LogP contribution is -2.40. The van der Waals surface area contributed by atoms with Crippen LogP contribution in [-0.4, -0.2) is 57.6 Å². The van der Waals surface area contributed by atoms with Crippen LogP contribution in [0.5, 0.6) is 0 Å². The second kappa shape index (κ2) is 10.3. The van der Waals surface area contributed by atoms with Crippen molar-refractivity contribution in [1.82, 2.24) is 30.2 Å². The van der Waals surface area contributed by atoms with E-state index in [9.17, 15) is 4.79 Å². The number of carbonyl (C=O) groups excluding carboxylic acids is 1. The Balaban J connectivity index is 1.52. The van der Waals surface area contributed by atoms with Gasteiger partial charge in [-0.25, -0.2) is 9.97 Å². The Hall–Kier alpha value is -4.57. The molecule has 1 N–H and O–H groups in total. The molecule has 0 bridgehead atoms. The molecule has 0 aliphatic carbocycles. The minimum absolute atomic E-state index is 0.00964. The zero-order chi connectivity index (χ0) is 26.9. The topological polar surface area (TPSA) is 111 Å². The molecule has 1 aliphatic heterocycles. The lowest BCUT2D eigenvalue weighted by atomic mass is 10.0. The third kappa shape index (κ3) is 4.74. The van der Waals surface area contributed by atoms with Gasteiger partial charge < -0.3 is 19.5 Å². The molecule has 39 heavy (non-hydrogen) atoms. The van der Waals surface area contributed by atoms with Crippen LogP contribution < -0.4 is 10.2 Å². The molecule has 10 heteroatoms. The molecule has 0 spiro atoms. The number of fused-ring (bicyclic) bond motifs is 1. The zero-order valence-corrected chi connectivity index (χ0v) is 22.1. The number of nitrogens with one attached hydrogen (secondary N) is 1. The normalized spacial score (nSPS) is 15.6. The van der Waals surface area contributed by atoms with E-state index in [4.69, 9.17) is 19.2 Å². The highest BCUT2D eigenvalue weighted by Crippen LogP contribution is 2.37. The molecule has 1 saturated heterocycles. The number of likely N-dealkylation sites (N-methyl/N-ethyl adjacent to an activating group) is 1.